The number of nitrogens with one attached hydrogen (secondary N) is 4. The zero-order valence-corrected chi connectivity index (χ0v) is 24.7. The molecule has 4 aromatic rings. The highest BCUT2D eigenvalue weighted by atomic mass is 79.9. The highest BCUT2D eigenvalue weighted by Crippen LogP contribution is 2.38. The summed E-state index contributed by atoms with van der Waals surface area (Å²) >= 11 is 3.73. The number of benzene rings is 3. The van der Waals surface area contributed by atoms with Gasteiger partial charge in [0.05, 0.1) is 34.5 Å². The monoisotopic (exact) mass is 622 g/mol. The molecule has 0 unspecified atom stereocenters. The Morgan fingerprint density at radius 2 is 1.93 bits per heavy atom. The van der Waals surface area contributed by atoms with Gasteiger partial charge in [0.1, 0.15) is 6.07 Å². The first-order chi connectivity index (χ1) is 20.4. The van der Waals surface area contributed by atoms with Crippen LogP contribution in [0, 0.1) is 11.3 Å². The van der Waals surface area contributed by atoms with Crippen molar-refractivity contribution in [3.63, 3.8) is 0 Å². The Bertz CT molecular complexity index is 1710. The number of nitriles is 1. The fourth-order valence-electron chi connectivity index (χ4n) is 5.28. The number of hydrogen-bond acceptors (Lipinski definition) is 8. The first-order valence-corrected chi connectivity index (χ1v) is 14.8. The standard InChI is InChI=1S/C32H31BrN8O/c1-2-27(19-7-4-3-5-8-19)38-29-22(16-34)17-36-31-25(29)14-23(15-26(31)33)37-30(20-9-6-10-21(13-20)32(35)42)28-18-41(40-39-28)24-11-12-24/h3-10,13-15,17-18,24,27,30,37,39-40H,2,11-12H2,1H3,(H2,35,42)(H,36,38)/t27-,30+/m1/s1. The van der Waals surface area contributed by atoms with Crippen LogP contribution in [0.3, 0.4) is 0 Å². The molecule has 1 amide bonds. The molecule has 10 heteroatoms. The van der Waals surface area contributed by atoms with Crippen LogP contribution in [0.25, 0.3) is 10.9 Å². The van der Waals surface area contributed by atoms with Gasteiger partial charge in [0, 0.05) is 39.5 Å². The van der Waals surface area contributed by atoms with E-state index in [1.54, 1.807) is 12.3 Å². The molecule has 2 heterocycles. The number of nitrogens with zero attached hydrogens (tertiary/aromatic N) is 3. The molecule has 2 aliphatic rings. The number of rotatable bonds is 10. The second-order valence-electron chi connectivity index (χ2n) is 10.6. The molecule has 0 bridgehead atoms. The third kappa shape index (κ3) is 5.62. The van der Waals surface area contributed by atoms with E-state index in [4.69, 9.17) is 5.73 Å². The molecule has 2 atom stereocenters. The highest BCUT2D eigenvalue weighted by Gasteiger charge is 2.32. The minimum atomic E-state index is -0.482. The highest BCUT2D eigenvalue weighted by molar-refractivity contribution is 9.10. The summed E-state index contributed by atoms with van der Waals surface area (Å²) in [4.78, 5) is 16.6. The molecule has 1 fully saturated rings. The fraction of sp³-hybridized carbons (Fsp3) is 0.219. The number of hydrogen-bond donors (Lipinski definition) is 5. The van der Waals surface area contributed by atoms with Gasteiger partial charge in [0.25, 0.3) is 0 Å². The van der Waals surface area contributed by atoms with Crippen molar-refractivity contribution in [1.82, 2.24) is 21.0 Å². The topological polar surface area (TPSA) is 131 Å². The van der Waals surface area contributed by atoms with Crippen molar-refractivity contribution in [2.75, 3.05) is 10.6 Å². The van der Waals surface area contributed by atoms with E-state index >= 15 is 0 Å². The molecule has 0 radical (unpaired) electrons. The Labute approximate surface area is 252 Å². The summed E-state index contributed by atoms with van der Waals surface area (Å²) in [6.45, 7) is 2.12. The van der Waals surface area contributed by atoms with Crippen LogP contribution in [0.1, 0.15) is 65.3 Å². The quantitative estimate of drug-likeness (QED) is 0.145. The predicted octanol–water partition coefficient (Wildman–Crippen LogP) is 6.01. The average Bonchev–Trinajstić information content (AvgIpc) is 3.75. The number of fused-ring (bicyclic) bond motifs is 1. The molecule has 1 aromatic heterocycles. The molecule has 42 heavy (non-hydrogen) atoms. The summed E-state index contributed by atoms with van der Waals surface area (Å²) in [5, 5.41) is 20.2. The molecule has 1 saturated carbocycles. The first-order valence-electron chi connectivity index (χ1n) is 14.0. The molecular weight excluding hydrogens is 592 g/mol. The van der Waals surface area contributed by atoms with Gasteiger partial charge >= 0.3 is 0 Å². The van der Waals surface area contributed by atoms with Crippen molar-refractivity contribution < 1.29 is 4.79 Å². The van der Waals surface area contributed by atoms with Crippen LogP contribution in [0.4, 0.5) is 11.4 Å². The van der Waals surface area contributed by atoms with Crippen molar-refractivity contribution in [2.45, 2.75) is 44.3 Å². The number of halogens is 1. The number of carbonyl (C=O) groups excluding carboxylic acids is 1. The van der Waals surface area contributed by atoms with Gasteiger partial charge in [-0.3, -0.25) is 14.8 Å². The van der Waals surface area contributed by atoms with Crippen LogP contribution < -0.4 is 27.3 Å². The smallest absolute Gasteiger partial charge is 0.248 e. The lowest BCUT2D eigenvalue weighted by atomic mass is 10.00. The van der Waals surface area contributed by atoms with E-state index in [1.807, 2.05) is 48.5 Å². The fourth-order valence-corrected chi connectivity index (χ4v) is 5.84. The lowest BCUT2D eigenvalue weighted by Crippen LogP contribution is -2.38. The van der Waals surface area contributed by atoms with Gasteiger partial charge in [-0.05, 0) is 70.6 Å². The van der Waals surface area contributed by atoms with E-state index < -0.39 is 5.91 Å². The summed E-state index contributed by atoms with van der Waals surface area (Å²) in [6, 6.07) is 24.0. The number of nitrogens with two attached hydrogens (primary N) is 1. The Hall–Kier alpha value is -4.59. The van der Waals surface area contributed by atoms with Gasteiger partial charge in [-0.1, -0.05) is 49.4 Å². The third-order valence-corrected chi connectivity index (χ3v) is 8.25. The minimum Gasteiger partial charge on any atom is -0.377 e. The number of aromatic nitrogens is 1. The Morgan fingerprint density at radius 1 is 1.14 bits per heavy atom. The van der Waals surface area contributed by atoms with Crippen molar-refractivity contribution in [3.8, 4) is 6.07 Å². The lowest BCUT2D eigenvalue weighted by molar-refractivity contribution is 0.1000. The molecular formula is C32H31BrN8O. The van der Waals surface area contributed by atoms with E-state index in [0.717, 1.165) is 62.8 Å². The van der Waals surface area contributed by atoms with Gasteiger partial charge in [0.15, 0.2) is 0 Å². The van der Waals surface area contributed by atoms with Crippen LogP contribution in [0.15, 0.2) is 89.3 Å². The predicted molar refractivity (Wildman–Crippen MR) is 168 cm³/mol. The molecule has 0 saturated heterocycles. The Kier molecular flexibility index (Phi) is 7.69. The maximum absolute atomic E-state index is 12.0. The van der Waals surface area contributed by atoms with E-state index in [0.29, 0.717) is 17.2 Å². The zero-order valence-electron chi connectivity index (χ0n) is 23.1. The number of hydrazine groups is 2. The average molecular weight is 624 g/mol. The largest absolute Gasteiger partial charge is 0.377 e. The lowest BCUT2D eigenvalue weighted by Gasteiger charge is -2.24. The molecule has 6 N–H and O–H groups in total. The van der Waals surface area contributed by atoms with Crippen LogP contribution in [0.2, 0.25) is 0 Å². The summed E-state index contributed by atoms with van der Waals surface area (Å²) in [7, 11) is 0. The Morgan fingerprint density at radius 3 is 2.64 bits per heavy atom. The molecule has 0 spiro atoms. The molecule has 1 aliphatic heterocycles. The number of pyridine rings is 1. The number of anilines is 2. The van der Waals surface area contributed by atoms with Crippen molar-refractivity contribution in [3.05, 3.63) is 112 Å². The van der Waals surface area contributed by atoms with Crippen LogP contribution in [-0.4, -0.2) is 21.9 Å². The first kappa shape index (κ1) is 27.6. The normalized spacial score (nSPS) is 15.8. The van der Waals surface area contributed by atoms with E-state index in [1.165, 1.54) is 0 Å². The molecule has 6 rings (SSSR count). The van der Waals surface area contributed by atoms with Gasteiger partial charge in [-0.15, -0.1) is 5.53 Å². The SMILES string of the molecule is CC[C@@H](Nc1c(C#N)cnc2c(Br)cc(N[C@H](C3=CN(C4CC4)NN3)c3cccc(C(N)=O)c3)cc12)c1ccccc1. The van der Waals surface area contributed by atoms with Crippen molar-refractivity contribution in [2.24, 2.45) is 5.73 Å². The van der Waals surface area contributed by atoms with Crippen LogP contribution in [-0.2, 0) is 0 Å². The van der Waals surface area contributed by atoms with Gasteiger partial charge in [0.2, 0.25) is 5.91 Å². The summed E-state index contributed by atoms with van der Waals surface area (Å²) in [5.41, 5.74) is 18.3. The second kappa shape index (κ2) is 11.7. The summed E-state index contributed by atoms with van der Waals surface area (Å²) in [6.07, 6.45) is 6.79. The van der Waals surface area contributed by atoms with Crippen molar-refractivity contribution >= 4 is 44.1 Å². The zero-order chi connectivity index (χ0) is 29.2. The summed E-state index contributed by atoms with van der Waals surface area (Å²) in [5.74, 6) is -0.482. The van der Waals surface area contributed by atoms with Crippen molar-refractivity contribution in [1.29, 1.82) is 5.26 Å². The van der Waals surface area contributed by atoms with Gasteiger partial charge in [-0.25, -0.2) is 0 Å². The molecule has 9 nitrogen and oxygen atoms in total. The third-order valence-electron chi connectivity index (χ3n) is 7.65. The van der Waals surface area contributed by atoms with Crippen LogP contribution >= 0.6 is 15.9 Å². The van der Waals surface area contributed by atoms with Gasteiger partial charge in [-0.2, -0.15) is 5.26 Å². The molecule has 1 aliphatic carbocycles. The van der Waals surface area contributed by atoms with E-state index in [2.05, 4.69) is 78.8 Å². The second-order valence-corrected chi connectivity index (χ2v) is 11.4. The minimum absolute atomic E-state index is 0.0101. The van der Waals surface area contributed by atoms with Gasteiger partial charge < -0.3 is 21.8 Å². The molecule has 212 valence electrons. The van der Waals surface area contributed by atoms with Crippen LogP contribution in [0.5, 0.6) is 0 Å². The molecule has 3 aromatic carbocycles. The van der Waals surface area contributed by atoms with E-state index in [-0.39, 0.29) is 12.1 Å². The number of amides is 1. The number of primary amides is 1. The maximum atomic E-state index is 12.0. The number of carbonyl (C=O) groups is 1. The maximum Gasteiger partial charge on any atom is 0.248 e. The van der Waals surface area contributed by atoms with E-state index in [9.17, 15) is 10.1 Å². The Balaban J connectivity index is 1.42. The summed E-state index contributed by atoms with van der Waals surface area (Å²) < 4.78 is 0.790.